The van der Waals surface area contributed by atoms with Gasteiger partial charge in [-0.2, -0.15) is 0 Å². The van der Waals surface area contributed by atoms with Crippen LogP contribution < -0.4 is 5.73 Å². The van der Waals surface area contributed by atoms with Gasteiger partial charge in [-0.05, 0) is 31.2 Å². The monoisotopic (exact) mass is 241 g/mol. The third-order valence-electron chi connectivity index (χ3n) is 2.84. The van der Waals surface area contributed by atoms with Crippen molar-refractivity contribution in [2.24, 2.45) is 0 Å². The van der Waals surface area contributed by atoms with Gasteiger partial charge in [0.05, 0.1) is 0 Å². The van der Waals surface area contributed by atoms with Crippen LogP contribution in [0.25, 0.3) is 0 Å². The molecule has 0 aliphatic rings. The minimum atomic E-state index is 0.570. The van der Waals surface area contributed by atoms with E-state index in [0.29, 0.717) is 5.82 Å². The second-order valence-electron chi connectivity index (χ2n) is 4.75. The Hall–Kier alpha value is -1.87. The number of nitrogen functional groups attached to an aromatic ring is 1. The third kappa shape index (κ3) is 3.57. The molecule has 0 saturated heterocycles. The summed E-state index contributed by atoms with van der Waals surface area (Å²) in [6.45, 7) is 3.93. The van der Waals surface area contributed by atoms with Crippen LogP contribution in [0.4, 0.5) is 5.82 Å². The number of rotatable bonds is 4. The van der Waals surface area contributed by atoms with Crippen LogP contribution in [0, 0.1) is 6.92 Å². The number of aromatic nitrogens is 1. The Labute approximate surface area is 108 Å². The number of nitrogens with zero attached hydrogens (tertiary/aromatic N) is 2. The van der Waals surface area contributed by atoms with Gasteiger partial charge in [-0.1, -0.05) is 35.9 Å². The molecule has 2 aromatic rings. The van der Waals surface area contributed by atoms with E-state index in [9.17, 15) is 0 Å². The van der Waals surface area contributed by atoms with E-state index >= 15 is 0 Å². The Morgan fingerprint density at radius 3 is 2.56 bits per heavy atom. The summed E-state index contributed by atoms with van der Waals surface area (Å²) in [7, 11) is 2.11. The molecule has 0 aliphatic carbocycles. The first kappa shape index (κ1) is 12.6. The number of benzene rings is 1. The molecule has 0 atom stereocenters. The van der Waals surface area contributed by atoms with Gasteiger partial charge < -0.3 is 5.73 Å². The van der Waals surface area contributed by atoms with E-state index in [-0.39, 0.29) is 0 Å². The fourth-order valence-corrected chi connectivity index (χ4v) is 2.02. The maximum Gasteiger partial charge on any atom is 0.123 e. The van der Waals surface area contributed by atoms with Gasteiger partial charge in [0.2, 0.25) is 0 Å². The molecule has 0 spiro atoms. The lowest BCUT2D eigenvalue weighted by molar-refractivity contribution is 0.318. The van der Waals surface area contributed by atoms with Crippen LogP contribution in [0.1, 0.15) is 16.7 Å². The number of nitrogens with two attached hydrogens (primary N) is 1. The van der Waals surface area contributed by atoms with Crippen molar-refractivity contribution in [1.29, 1.82) is 0 Å². The van der Waals surface area contributed by atoms with Crippen LogP contribution >= 0.6 is 0 Å². The molecule has 0 radical (unpaired) electrons. The summed E-state index contributed by atoms with van der Waals surface area (Å²) >= 11 is 0. The lowest BCUT2D eigenvalue weighted by Crippen LogP contribution is -2.17. The van der Waals surface area contributed by atoms with E-state index in [1.807, 2.05) is 18.3 Å². The number of anilines is 1. The van der Waals surface area contributed by atoms with Gasteiger partial charge in [-0.15, -0.1) is 0 Å². The summed E-state index contributed by atoms with van der Waals surface area (Å²) in [5.74, 6) is 0.570. The van der Waals surface area contributed by atoms with Gasteiger partial charge in [-0.25, -0.2) is 4.98 Å². The van der Waals surface area contributed by atoms with Gasteiger partial charge in [0.15, 0.2) is 0 Å². The standard InChI is InChI=1S/C15H19N3/c1-12-4-3-5-13(8-12)10-18(2)11-14-6-7-15(16)17-9-14/h3-9H,10-11H2,1-2H3,(H2,16,17). The van der Waals surface area contributed by atoms with Crippen LogP contribution in [-0.4, -0.2) is 16.9 Å². The topological polar surface area (TPSA) is 42.1 Å². The van der Waals surface area contributed by atoms with Crippen molar-refractivity contribution >= 4 is 5.82 Å². The van der Waals surface area contributed by atoms with Crippen LogP contribution in [0.15, 0.2) is 42.6 Å². The highest BCUT2D eigenvalue weighted by atomic mass is 15.1. The van der Waals surface area contributed by atoms with Crippen LogP contribution in [0.2, 0.25) is 0 Å². The largest absolute Gasteiger partial charge is 0.384 e. The number of hydrogen-bond donors (Lipinski definition) is 1. The Bertz CT molecular complexity index is 505. The molecule has 0 saturated carbocycles. The molecule has 0 bridgehead atoms. The summed E-state index contributed by atoms with van der Waals surface area (Å²) in [6.07, 6.45) is 1.84. The van der Waals surface area contributed by atoms with Crippen molar-refractivity contribution in [3.8, 4) is 0 Å². The predicted octanol–water partition coefficient (Wildman–Crippen LogP) is 2.60. The first-order valence-corrected chi connectivity index (χ1v) is 6.08. The number of aryl methyl sites for hydroxylation is 1. The average Bonchev–Trinajstić information content (AvgIpc) is 2.32. The summed E-state index contributed by atoms with van der Waals surface area (Å²) in [5.41, 5.74) is 9.39. The summed E-state index contributed by atoms with van der Waals surface area (Å²) in [6, 6.07) is 12.5. The average molecular weight is 241 g/mol. The van der Waals surface area contributed by atoms with Crippen molar-refractivity contribution < 1.29 is 0 Å². The lowest BCUT2D eigenvalue weighted by atomic mass is 10.1. The van der Waals surface area contributed by atoms with Crippen LogP contribution in [0.3, 0.4) is 0 Å². The van der Waals surface area contributed by atoms with Crippen molar-refractivity contribution in [2.75, 3.05) is 12.8 Å². The Morgan fingerprint density at radius 1 is 1.11 bits per heavy atom. The van der Waals surface area contributed by atoms with Gasteiger partial charge in [0.1, 0.15) is 5.82 Å². The zero-order chi connectivity index (χ0) is 13.0. The van der Waals surface area contributed by atoms with Gasteiger partial charge in [-0.3, -0.25) is 4.90 Å². The maximum atomic E-state index is 5.57. The summed E-state index contributed by atoms with van der Waals surface area (Å²) < 4.78 is 0. The van der Waals surface area contributed by atoms with E-state index in [0.717, 1.165) is 13.1 Å². The first-order valence-electron chi connectivity index (χ1n) is 6.08. The summed E-state index contributed by atoms with van der Waals surface area (Å²) in [5, 5.41) is 0. The second kappa shape index (κ2) is 5.65. The molecule has 1 aromatic carbocycles. The van der Waals surface area contributed by atoms with Crippen molar-refractivity contribution in [2.45, 2.75) is 20.0 Å². The highest BCUT2D eigenvalue weighted by Crippen LogP contribution is 2.10. The molecule has 2 rings (SSSR count). The molecule has 1 aromatic heterocycles. The SMILES string of the molecule is Cc1cccc(CN(C)Cc2ccc(N)nc2)c1. The molecular weight excluding hydrogens is 222 g/mol. The molecule has 3 nitrogen and oxygen atoms in total. The normalized spacial score (nSPS) is 10.8. The van der Waals surface area contributed by atoms with Crippen molar-refractivity contribution in [3.05, 3.63) is 59.3 Å². The molecule has 0 unspecified atom stereocenters. The zero-order valence-corrected chi connectivity index (χ0v) is 10.9. The molecule has 18 heavy (non-hydrogen) atoms. The number of pyridine rings is 1. The highest BCUT2D eigenvalue weighted by molar-refractivity contribution is 5.29. The second-order valence-corrected chi connectivity index (χ2v) is 4.75. The van der Waals surface area contributed by atoms with Gasteiger partial charge in [0, 0.05) is 19.3 Å². The molecule has 94 valence electrons. The van der Waals surface area contributed by atoms with Crippen LogP contribution in [-0.2, 0) is 13.1 Å². The van der Waals surface area contributed by atoms with Crippen molar-refractivity contribution in [1.82, 2.24) is 9.88 Å². The minimum absolute atomic E-state index is 0.570. The molecule has 0 amide bonds. The molecular formula is C15H19N3. The fraction of sp³-hybridized carbons (Fsp3) is 0.267. The van der Waals surface area contributed by atoms with Gasteiger partial charge in [0.25, 0.3) is 0 Å². The highest BCUT2D eigenvalue weighted by Gasteiger charge is 2.02. The first-order chi connectivity index (χ1) is 8.63. The quantitative estimate of drug-likeness (QED) is 0.894. The minimum Gasteiger partial charge on any atom is -0.384 e. The van der Waals surface area contributed by atoms with Crippen molar-refractivity contribution in [3.63, 3.8) is 0 Å². The third-order valence-corrected chi connectivity index (χ3v) is 2.84. The van der Waals surface area contributed by atoms with Gasteiger partial charge >= 0.3 is 0 Å². The maximum absolute atomic E-state index is 5.57. The molecule has 1 heterocycles. The molecule has 2 N–H and O–H groups in total. The molecule has 3 heteroatoms. The fourth-order valence-electron chi connectivity index (χ4n) is 2.02. The zero-order valence-electron chi connectivity index (χ0n) is 10.9. The Morgan fingerprint density at radius 2 is 1.89 bits per heavy atom. The van der Waals surface area contributed by atoms with E-state index in [1.165, 1.54) is 16.7 Å². The van der Waals surface area contributed by atoms with E-state index in [4.69, 9.17) is 5.73 Å². The Kier molecular flexibility index (Phi) is 3.95. The molecule has 0 aliphatic heterocycles. The van der Waals surface area contributed by atoms with E-state index in [2.05, 4.69) is 48.1 Å². The summed E-state index contributed by atoms with van der Waals surface area (Å²) in [4.78, 5) is 6.37. The Balaban J connectivity index is 1.96. The smallest absolute Gasteiger partial charge is 0.123 e. The van der Waals surface area contributed by atoms with Crippen LogP contribution in [0.5, 0.6) is 0 Å². The number of hydrogen-bond acceptors (Lipinski definition) is 3. The lowest BCUT2D eigenvalue weighted by Gasteiger charge is -2.17. The van der Waals surface area contributed by atoms with E-state index in [1.54, 1.807) is 0 Å². The predicted molar refractivity (Wildman–Crippen MR) is 75.0 cm³/mol. The van der Waals surface area contributed by atoms with E-state index < -0.39 is 0 Å². The molecule has 0 fully saturated rings.